The molecule has 5 nitrogen and oxygen atoms in total. The van der Waals surface area contributed by atoms with Crippen LogP contribution in [0, 0.1) is 17.3 Å². The van der Waals surface area contributed by atoms with Gasteiger partial charge in [-0.05, 0) is 49.7 Å². The summed E-state index contributed by atoms with van der Waals surface area (Å²) in [5.74, 6) is 0.214. The summed E-state index contributed by atoms with van der Waals surface area (Å²) >= 11 is 0. The van der Waals surface area contributed by atoms with Crippen LogP contribution in [0.25, 0.3) is 5.70 Å². The van der Waals surface area contributed by atoms with Crippen molar-refractivity contribution in [1.82, 2.24) is 4.98 Å². The molecule has 2 heterocycles. The standard InChI is InChI=1S/C18H21F3N4O/c1-9-7-17-4-2-3-11(17)15(17)13(25-9)6-12(22)10-5-14(16(23)24-8-10)26-18(19,20)21/h5-6,8-9,11,15H,2-4,7,22H2,1H3,(H2,23,24)/t9?,11-,15+,17+/m0/s1. The maximum atomic E-state index is 12.5. The Morgan fingerprint density at radius 2 is 2.19 bits per heavy atom. The molecule has 2 fully saturated rings. The maximum absolute atomic E-state index is 12.5. The maximum Gasteiger partial charge on any atom is 0.573 e. The largest absolute Gasteiger partial charge is 0.573 e. The molecule has 0 bridgehead atoms. The summed E-state index contributed by atoms with van der Waals surface area (Å²) in [5, 5.41) is 0. The van der Waals surface area contributed by atoms with Gasteiger partial charge in [-0.25, -0.2) is 4.98 Å². The quantitative estimate of drug-likeness (QED) is 0.857. The molecule has 0 aromatic carbocycles. The zero-order chi connectivity index (χ0) is 18.7. The lowest BCUT2D eigenvalue weighted by atomic mass is 9.87. The van der Waals surface area contributed by atoms with Crippen LogP contribution in [0.15, 0.2) is 23.3 Å². The Kier molecular flexibility index (Phi) is 3.71. The molecular formula is C18H21F3N4O. The average Bonchev–Trinajstić information content (AvgIpc) is 2.98. The number of rotatable bonds is 3. The number of ether oxygens (including phenoxy) is 1. The van der Waals surface area contributed by atoms with E-state index < -0.39 is 12.1 Å². The van der Waals surface area contributed by atoms with Gasteiger partial charge >= 0.3 is 6.36 Å². The van der Waals surface area contributed by atoms with Gasteiger partial charge in [0.25, 0.3) is 0 Å². The molecule has 2 saturated carbocycles. The number of hydrogen-bond donors (Lipinski definition) is 2. The number of allylic oxidation sites excluding steroid dienone is 1. The van der Waals surface area contributed by atoms with Crippen molar-refractivity contribution in [2.24, 2.45) is 28.0 Å². The third-order valence-electron chi connectivity index (χ3n) is 5.92. The fourth-order valence-corrected chi connectivity index (χ4v) is 5.02. The Morgan fingerprint density at radius 3 is 2.92 bits per heavy atom. The summed E-state index contributed by atoms with van der Waals surface area (Å²) in [7, 11) is 0. The van der Waals surface area contributed by atoms with Crippen LogP contribution in [-0.2, 0) is 0 Å². The second-order valence-electron chi connectivity index (χ2n) is 7.57. The van der Waals surface area contributed by atoms with Gasteiger partial charge < -0.3 is 16.2 Å². The number of alkyl halides is 3. The first-order valence-electron chi connectivity index (χ1n) is 8.76. The molecule has 0 saturated heterocycles. The van der Waals surface area contributed by atoms with Gasteiger partial charge in [-0.2, -0.15) is 0 Å². The third-order valence-corrected chi connectivity index (χ3v) is 5.92. The molecule has 4 N–H and O–H groups in total. The van der Waals surface area contributed by atoms with Crippen molar-refractivity contribution >= 4 is 17.2 Å². The molecule has 26 heavy (non-hydrogen) atoms. The van der Waals surface area contributed by atoms with Gasteiger partial charge in [0, 0.05) is 35.1 Å². The summed E-state index contributed by atoms with van der Waals surface area (Å²) in [6.07, 6.45) is 3.12. The van der Waals surface area contributed by atoms with E-state index in [1.165, 1.54) is 25.5 Å². The molecule has 0 radical (unpaired) electrons. The number of fused-ring (bicyclic) bond motifs is 1. The van der Waals surface area contributed by atoms with Crippen molar-refractivity contribution in [3.05, 3.63) is 23.9 Å². The normalized spacial score (nSPS) is 33.3. The summed E-state index contributed by atoms with van der Waals surface area (Å²) in [4.78, 5) is 8.52. The molecule has 2 aliphatic carbocycles. The number of aliphatic imine (C=N–C) groups is 1. The molecule has 4 atom stereocenters. The van der Waals surface area contributed by atoms with Crippen LogP contribution in [0.4, 0.5) is 19.0 Å². The second kappa shape index (κ2) is 5.62. The Hall–Kier alpha value is -2.25. The molecule has 4 rings (SSSR count). The lowest BCUT2D eigenvalue weighted by molar-refractivity contribution is -0.274. The molecule has 3 aliphatic rings. The van der Waals surface area contributed by atoms with Gasteiger partial charge in [0.05, 0.1) is 0 Å². The van der Waals surface area contributed by atoms with Crippen LogP contribution >= 0.6 is 0 Å². The van der Waals surface area contributed by atoms with E-state index in [9.17, 15) is 13.2 Å². The smallest absolute Gasteiger partial charge is 0.402 e. The van der Waals surface area contributed by atoms with Crippen LogP contribution < -0.4 is 16.2 Å². The third kappa shape index (κ3) is 2.81. The first-order valence-corrected chi connectivity index (χ1v) is 8.76. The predicted octanol–water partition coefficient (Wildman–Crippen LogP) is 3.51. The lowest BCUT2D eigenvalue weighted by Gasteiger charge is -2.24. The van der Waals surface area contributed by atoms with Crippen molar-refractivity contribution in [3.63, 3.8) is 0 Å². The Labute approximate surface area is 149 Å². The highest BCUT2D eigenvalue weighted by atomic mass is 19.4. The number of hydrogen-bond acceptors (Lipinski definition) is 5. The van der Waals surface area contributed by atoms with E-state index in [-0.39, 0.29) is 11.9 Å². The van der Waals surface area contributed by atoms with Crippen molar-refractivity contribution in [3.8, 4) is 5.75 Å². The summed E-state index contributed by atoms with van der Waals surface area (Å²) in [6.45, 7) is 2.10. The zero-order valence-corrected chi connectivity index (χ0v) is 14.4. The SMILES string of the molecule is CC1C[C@]23CCC[C@H]2[C@@H]3C(C=C(N)c2cnc(N)c(OC(F)(F)F)c2)=N1. The number of nitrogens with zero attached hydrogens (tertiary/aromatic N) is 2. The Morgan fingerprint density at radius 1 is 1.42 bits per heavy atom. The molecular weight excluding hydrogens is 345 g/mol. The number of pyridine rings is 1. The van der Waals surface area contributed by atoms with Crippen LogP contribution in [-0.4, -0.2) is 23.1 Å². The lowest BCUT2D eigenvalue weighted by Crippen LogP contribution is -2.22. The van der Waals surface area contributed by atoms with Crippen molar-refractivity contribution < 1.29 is 17.9 Å². The van der Waals surface area contributed by atoms with E-state index >= 15 is 0 Å². The highest BCUT2D eigenvalue weighted by Crippen LogP contribution is 2.72. The number of nitrogen functional groups attached to an aromatic ring is 1. The van der Waals surface area contributed by atoms with E-state index in [1.54, 1.807) is 6.08 Å². The van der Waals surface area contributed by atoms with Crippen LogP contribution in [0.3, 0.4) is 0 Å². The Bertz CT molecular complexity index is 804. The van der Waals surface area contributed by atoms with Gasteiger partial charge in [0.2, 0.25) is 0 Å². The molecule has 1 unspecified atom stereocenters. The number of aromatic nitrogens is 1. The number of halogens is 3. The van der Waals surface area contributed by atoms with Crippen molar-refractivity contribution in [2.75, 3.05) is 5.73 Å². The molecule has 140 valence electrons. The first kappa shape index (κ1) is 17.2. The minimum absolute atomic E-state index is 0.238. The molecule has 1 aliphatic heterocycles. The minimum Gasteiger partial charge on any atom is -0.402 e. The summed E-state index contributed by atoms with van der Waals surface area (Å²) < 4.78 is 41.4. The monoisotopic (exact) mass is 366 g/mol. The van der Waals surface area contributed by atoms with Crippen LogP contribution in [0.5, 0.6) is 5.75 Å². The molecule has 0 amide bonds. The van der Waals surface area contributed by atoms with Gasteiger partial charge in [-0.3, -0.25) is 4.99 Å². The summed E-state index contributed by atoms with van der Waals surface area (Å²) in [5.41, 5.74) is 13.6. The van der Waals surface area contributed by atoms with Gasteiger partial charge in [0.15, 0.2) is 11.6 Å². The summed E-state index contributed by atoms with van der Waals surface area (Å²) in [6, 6.07) is 1.40. The molecule has 8 heteroatoms. The van der Waals surface area contributed by atoms with E-state index in [2.05, 4.69) is 16.6 Å². The topological polar surface area (TPSA) is 86.5 Å². The molecule has 1 aromatic heterocycles. The van der Waals surface area contributed by atoms with Crippen LogP contribution in [0.2, 0.25) is 0 Å². The second-order valence-corrected chi connectivity index (χ2v) is 7.57. The van der Waals surface area contributed by atoms with E-state index in [0.29, 0.717) is 28.5 Å². The van der Waals surface area contributed by atoms with Gasteiger partial charge in [-0.15, -0.1) is 13.2 Å². The zero-order valence-electron chi connectivity index (χ0n) is 14.4. The number of anilines is 1. The average molecular weight is 366 g/mol. The van der Waals surface area contributed by atoms with Crippen molar-refractivity contribution in [1.29, 1.82) is 0 Å². The first-order chi connectivity index (χ1) is 12.2. The minimum atomic E-state index is -4.84. The van der Waals surface area contributed by atoms with Gasteiger partial charge in [-0.1, -0.05) is 6.42 Å². The van der Waals surface area contributed by atoms with E-state index in [0.717, 1.165) is 18.2 Å². The van der Waals surface area contributed by atoms with Crippen molar-refractivity contribution in [2.45, 2.75) is 45.0 Å². The predicted molar refractivity (Wildman–Crippen MR) is 92.3 cm³/mol. The fourth-order valence-electron chi connectivity index (χ4n) is 5.02. The van der Waals surface area contributed by atoms with Crippen LogP contribution in [0.1, 0.15) is 38.2 Å². The highest BCUT2D eigenvalue weighted by Gasteiger charge is 2.68. The van der Waals surface area contributed by atoms with E-state index in [4.69, 9.17) is 16.5 Å². The fraction of sp³-hybridized carbons (Fsp3) is 0.556. The molecule has 1 aromatic rings. The van der Waals surface area contributed by atoms with Gasteiger partial charge in [0.1, 0.15) is 0 Å². The molecule has 1 spiro atoms. The number of nitrogens with two attached hydrogens (primary N) is 2. The highest BCUT2D eigenvalue weighted by molar-refractivity contribution is 6.05. The van der Waals surface area contributed by atoms with E-state index in [1.807, 2.05) is 0 Å². The Balaban J connectivity index is 1.62.